The van der Waals surface area contributed by atoms with Gasteiger partial charge in [0.2, 0.25) is 5.91 Å². The molecule has 200 valence electrons. The first-order valence-corrected chi connectivity index (χ1v) is 12.5. The van der Waals surface area contributed by atoms with Gasteiger partial charge in [-0.15, -0.1) is 0 Å². The van der Waals surface area contributed by atoms with E-state index < -0.39 is 23.0 Å². The van der Waals surface area contributed by atoms with Crippen LogP contribution in [0, 0.1) is 0 Å². The quantitative estimate of drug-likeness (QED) is 0.435. The van der Waals surface area contributed by atoms with Gasteiger partial charge < -0.3 is 10.4 Å². The molecule has 0 bridgehead atoms. The van der Waals surface area contributed by atoms with Crippen LogP contribution in [0.25, 0.3) is 10.9 Å². The highest BCUT2D eigenvalue weighted by Crippen LogP contribution is 2.44. The maximum absolute atomic E-state index is 16.1. The maximum Gasteiger partial charge on any atom is 0.416 e. The number of allylic oxidation sites excluding steroid dienone is 1. The molecule has 2 aromatic carbocycles. The second kappa shape index (κ2) is 9.47. The summed E-state index contributed by atoms with van der Waals surface area (Å²) in [5.74, 6) is -0.488. The van der Waals surface area contributed by atoms with E-state index >= 15 is 4.39 Å². The molecular formula is C29H29F4N3O2. The van der Waals surface area contributed by atoms with Gasteiger partial charge in [-0.1, -0.05) is 24.8 Å². The molecule has 2 saturated heterocycles. The number of nitrogens with one attached hydrogen (secondary N) is 1. The number of rotatable bonds is 4. The summed E-state index contributed by atoms with van der Waals surface area (Å²) in [6.45, 7) is 5.71. The van der Waals surface area contributed by atoms with Crippen molar-refractivity contribution in [3.05, 3.63) is 89.3 Å². The fourth-order valence-electron chi connectivity index (χ4n) is 5.54. The van der Waals surface area contributed by atoms with Crippen LogP contribution in [-0.4, -0.2) is 39.7 Å². The normalized spacial score (nSPS) is 26.9. The molecule has 1 aromatic heterocycles. The third kappa shape index (κ3) is 4.92. The minimum Gasteiger partial charge on any atom is -0.382 e. The van der Waals surface area contributed by atoms with Crippen LogP contribution in [-0.2, 0) is 23.1 Å². The van der Waals surface area contributed by atoms with E-state index in [4.69, 9.17) is 0 Å². The Morgan fingerprint density at radius 3 is 2.58 bits per heavy atom. The number of carbonyl (C=O) groups excluding carboxylic acids is 1. The SMILES string of the molecule is C=C1CCC(c2cnc3ccc([C@@]4(O)CCN(Cc5ccc(C(F)(F)F)cc5)C[C@@]4(C)F)cc3c2)C(=O)N1. The number of halogens is 4. The van der Waals surface area contributed by atoms with Gasteiger partial charge in [0.25, 0.3) is 0 Å². The summed E-state index contributed by atoms with van der Waals surface area (Å²) in [6.07, 6.45) is -1.33. The predicted molar refractivity (Wildman–Crippen MR) is 136 cm³/mol. The topological polar surface area (TPSA) is 65.5 Å². The van der Waals surface area contributed by atoms with Crippen molar-refractivity contribution in [3.8, 4) is 0 Å². The van der Waals surface area contributed by atoms with Crippen LogP contribution in [0.15, 0.2) is 67.0 Å². The zero-order valence-corrected chi connectivity index (χ0v) is 21.0. The fraction of sp³-hybridized carbons (Fsp3) is 0.379. The van der Waals surface area contributed by atoms with Crippen molar-refractivity contribution >= 4 is 16.8 Å². The van der Waals surface area contributed by atoms with Crippen LogP contribution in [0.5, 0.6) is 0 Å². The van der Waals surface area contributed by atoms with Crippen molar-refractivity contribution in [2.75, 3.05) is 13.1 Å². The number of fused-ring (bicyclic) bond motifs is 1. The van der Waals surface area contributed by atoms with Crippen molar-refractivity contribution in [1.82, 2.24) is 15.2 Å². The van der Waals surface area contributed by atoms with E-state index in [2.05, 4.69) is 16.9 Å². The van der Waals surface area contributed by atoms with Gasteiger partial charge in [0.15, 0.2) is 5.67 Å². The second-order valence-electron chi connectivity index (χ2n) is 10.6. The van der Waals surface area contributed by atoms with Gasteiger partial charge in [0, 0.05) is 36.9 Å². The van der Waals surface area contributed by atoms with Crippen LogP contribution < -0.4 is 5.32 Å². The number of alkyl halides is 4. The summed E-state index contributed by atoms with van der Waals surface area (Å²) in [5, 5.41) is 15.1. The molecule has 5 rings (SSSR count). The van der Waals surface area contributed by atoms with Gasteiger partial charge in [0.05, 0.1) is 17.0 Å². The van der Waals surface area contributed by atoms with Crippen LogP contribution >= 0.6 is 0 Å². The van der Waals surface area contributed by atoms with E-state index in [1.165, 1.54) is 19.1 Å². The fourth-order valence-corrected chi connectivity index (χ4v) is 5.54. The first-order chi connectivity index (χ1) is 17.9. The zero-order chi connectivity index (χ0) is 27.3. The minimum absolute atomic E-state index is 0.0903. The molecule has 2 aliphatic rings. The molecule has 2 N–H and O–H groups in total. The van der Waals surface area contributed by atoms with Crippen LogP contribution in [0.4, 0.5) is 17.6 Å². The van der Waals surface area contributed by atoms with Gasteiger partial charge in [-0.25, -0.2) is 4.39 Å². The Kier molecular flexibility index (Phi) is 6.55. The monoisotopic (exact) mass is 527 g/mol. The van der Waals surface area contributed by atoms with E-state index in [1.807, 2.05) is 6.07 Å². The molecule has 0 spiro atoms. The zero-order valence-electron chi connectivity index (χ0n) is 21.0. The Morgan fingerprint density at radius 2 is 1.92 bits per heavy atom. The average molecular weight is 528 g/mol. The first kappa shape index (κ1) is 26.3. The summed E-state index contributed by atoms with van der Waals surface area (Å²) in [5.41, 5.74) is -1.36. The number of hydrogen-bond donors (Lipinski definition) is 2. The van der Waals surface area contributed by atoms with Crippen LogP contribution in [0.1, 0.15) is 54.4 Å². The molecule has 2 fully saturated rings. The first-order valence-electron chi connectivity index (χ1n) is 12.5. The second-order valence-corrected chi connectivity index (χ2v) is 10.6. The van der Waals surface area contributed by atoms with Gasteiger partial charge in [0.1, 0.15) is 5.60 Å². The van der Waals surface area contributed by atoms with Crippen molar-refractivity contribution in [1.29, 1.82) is 0 Å². The lowest BCUT2D eigenvalue weighted by Gasteiger charge is -2.47. The van der Waals surface area contributed by atoms with Crippen molar-refractivity contribution in [2.24, 2.45) is 0 Å². The Morgan fingerprint density at radius 1 is 1.18 bits per heavy atom. The smallest absolute Gasteiger partial charge is 0.382 e. The number of aromatic nitrogens is 1. The van der Waals surface area contributed by atoms with E-state index in [-0.39, 0.29) is 31.3 Å². The molecule has 3 aromatic rings. The lowest BCUT2D eigenvalue weighted by Crippen LogP contribution is -2.58. The van der Waals surface area contributed by atoms with Gasteiger partial charge in [-0.3, -0.25) is 14.7 Å². The standard InChI is InChI=1S/C29H29F4N3O2/c1-18-3-9-24(26(37)35-18)21-13-20-14-23(8-10-25(20)34-15-21)28(38)11-12-36(17-27(28,2)30)16-19-4-6-22(7-5-19)29(31,32)33/h4-8,10,13-15,24,38H,1,3,9,11-12,16-17H2,2H3,(H,35,37)/t24?,27-,28+/m1/s1. The molecule has 2 aliphatic heterocycles. The molecule has 0 saturated carbocycles. The molecule has 1 unspecified atom stereocenters. The van der Waals surface area contributed by atoms with Crippen molar-refractivity contribution < 1.29 is 27.5 Å². The van der Waals surface area contributed by atoms with Crippen molar-refractivity contribution in [2.45, 2.75) is 56.1 Å². The number of amides is 1. The Balaban J connectivity index is 1.36. The number of benzene rings is 2. The van der Waals surface area contributed by atoms with Crippen molar-refractivity contribution in [3.63, 3.8) is 0 Å². The third-order valence-corrected chi connectivity index (χ3v) is 7.79. The predicted octanol–water partition coefficient (Wildman–Crippen LogP) is 5.58. The highest BCUT2D eigenvalue weighted by molar-refractivity contribution is 5.88. The molecule has 5 nitrogen and oxygen atoms in total. The average Bonchev–Trinajstić information content (AvgIpc) is 2.85. The number of pyridine rings is 1. The molecule has 1 amide bonds. The molecule has 3 heterocycles. The number of likely N-dealkylation sites (tertiary alicyclic amines) is 1. The number of aliphatic hydroxyl groups is 1. The highest BCUT2D eigenvalue weighted by Gasteiger charge is 2.52. The third-order valence-electron chi connectivity index (χ3n) is 7.79. The van der Waals surface area contributed by atoms with E-state index in [9.17, 15) is 23.1 Å². The van der Waals surface area contributed by atoms with Gasteiger partial charge in [-0.05, 0) is 73.2 Å². The minimum atomic E-state index is -4.41. The summed E-state index contributed by atoms with van der Waals surface area (Å²) < 4.78 is 54.7. The van der Waals surface area contributed by atoms with E-state index in [1.54, 1.807) is 29.3 Å². The number of carbonyl (C=O) groups is 1. The molecule has 3 atom stereocenters. The Bertz CT molecular complexity index is 1390. The summed E-state index contributed by atoms with van der Waals surface area (Å²) in [4.78, 5) is 18.7. The lowest BCUT2D eigenvalue weighted by molar-refractivity contribution is -0.148. The van der Waals surface area contributed by atoms with Crippen LogP contribution in [0.3, 0.4) is 0 Å². The number of piperidine rings is 2. The highest BCUT2D eigenvalue weighted by atomic mass is 19.4. The molecular weight excluding hydrogens is 498 g/mol. The molecule has 38 heavy (non-hydrogen) atoms. The Labute approximate surface area is 218 Å². The van der Waals surface area contributed by atoms with E-state index in [0.29, 0.717) is 47.1 Å². The maximum atomic E-state index is 16.1. The van der Waals surface area contributed by atoms with E-state index in [0.717, 1.165) is 17.7 Å². The molecule has 0 radical (unpaired) electrons. The summed E-state index contributed by atoms with van der Waals surface area (Å²) >= 11 is 0. The largest absolute Gasteiger partial charge is 0.416 e. The number of hydrogen-bond acceptors (Lipinski definition) is 4. The number of nitrogens with zero attached hydrogens (tertiary/aromatic N) is 2. The molecule has 9 heteroatoms. The Hall–Kier alpha value is -3.30. The molecule has 0 aliphatic carbocycles. The summed E-state index contributed by atoms with van der Waals surface area (Å²) in [7, 11) is 0. The van der Waals surface area contributed by atoms with Gasteiger partial charge >= 0.3 is 6.18 Å². The summed E-state index contributed by atoms with van der Waals surface area (Å²) in [6, 6.07) is 11.8. The van der Waals surface area contributed by atoms with Crippen LogP contribution in [0.2, 0.25) is 0 Å². The lowest BCUT2D eigenvalue weighted by atomic mass is 9.74. The van der Waals surface area contributed by atoms with Gasteiger partial charge in [-0.2, -0.15) is 13.2 Å².